The van der Waals surface area contributed by atoms with Crippen molar-refractivity contribution in [3.63, 3.8) is 0 Å². The van der Waals surface area contributed by atoms with Crippen LogP contribution >= 0.6 is 0 Å². The molecule has 2 amide bonds. The Morgan fingerprint density at radius 1 is 0.767 bits per heavy atom. The summed E-state index contributed by atoms with van der Waals surface area (Å²) < 4.78 is 7.86. The third-order valence-electron chi connectivity index (χ3n) is 7.18. The largest absolute Gasteiger partial charge is 0.480 e. The van der Waals surface area contributed by atoms with E-state index < -0.39 is 18.0 Å². The van der Waals surface area contributed by atoms with Crippen molar-refractivity contribution in [3.05, 3.63) is 24.5 Å². The number of nitrogens with two attached hydrogens (primary N) is 1. The molecule has 0 saturated carbocycles. The van der Waals surface area contributed by atoms with Gasteiger partial charge in [0.1, 0.15) is 6.04 Å². The molecule has 0 aliphatic carbocycles. The zero-order valence-electron chi connectivity index (χ0n) is 26.1. The zero-order valence-corrected chi connectivity index (χ0v) is 26.1. The number of carbonyl (C=O) groups excluding carboxylic acids is 2. The Bertz CT molecular complexity index is 1000. The molecule has 2 heterocycles. The molecule has 1 aromatic heterocycles. The van der Waals surface area contributed by atoms with E-state index in [0.717, 1.165) is 0 Å². The fourth-order valence-electron chi connectivity index (χ4n) is 4.60. The lowest BCUT2D eigenvalue weighted by atomic mass is 9.93. The van der Waals surface area contributed by atoms with Gasteiger partial charge in [0.2, 0.25) is 11.8 Å². The summed E-state index contributed by atoms with van der Waals surface area (Å²) in [5.74, 6) is -2.27. The third-order valence-corrected chi connectivity index (χ3v) is 7.18. The Morgan fingerprint density at radius 2 is 1.19 bits per heavy atom. The molecule has 1 aliphatic rings. The summed E-state index contributed by atoms with van der Waals surface area (Å²) in [4.78, 5) is 53.2. The molecule has 1 aromatic rings. The highest BCUT2D eigenvalue weighted by Crippen LogP contribution is 2.19. The first-order valence-electron chi connectivity index (χ1n) is 14.7. The average molecular weight is 610 g/mol. The molecule has 43 heavy (non-hydrogen) atoms. The van der Waals surface area contributed by atoms with Crippen LogP contribution in [0, 0.1) is 10.8 Å². The summed E-state index contributed by atoms with van der Waals surface area (Å²) in [7, 11) is 0. The van der Waals surface area contributed by atoms with Crippen LogP contribution < -0.4 is 16.4 Å². The van der Waals surface area contributed by atoms with Crippen LogP contribution in [-0.2, 0) is 30.5 Å². The lowest BCUT2D eigenvalue weighted by Crippen LogP contribution is -2.47. The minimum atomic E-state index is -0.946. The Labute approximate surface area is 254 Å². The normalized spacial score (nSPS) is 17.0. The molecule has 1 fully saturated rings. The summed E-state index contributed by atoms with van der Waals surface area (Å²) in [5.41, 5.74) is 5.36. The number of carboxylic acid groups (broad SMARTS) is 2. The maximum atomic E-state index is 12.8. The van der Waals surface area contributed by atoms with Crippen LogP contribution in [0.3, 0.4) is 0 Å². The lowest BCUT2D eigenvalue weighted by Gasteiger charge is -2.30. The van der Waals surface area contributed by atoms with Crippen LogP contribution in [0.15, 0.2) is 24.5 Å². The molecule has 1 unspecified atom stereocenters. The summed E-state index contributed by atoms with van der Waals surface area (Å²) in [5, 5.41) is 24.3. The molecule has 0 radical (unpaired) electrons. The van der Waals surface area contributed by atoms with Crippen LogP contribution in [0.5, 0.6) is 0 Å². The Hall–Kier alpha value is -3.04. The number of hydrogen-bond donors (Lipinski definition) is 5. The molecule has 14 heteroatoms. The standard InChI is InChI=1S/C29H51N7O7/c1-28(2,21-43-22-29(3,4)20-32-27(42)23(30)15-33-7-5-6-8-33)19-31-24(37)16-34-9-11-35(17-25(38)39)13-14-36(12-10-34)18-26(40)41/h5-8,23H,9-22,30H2,1-4H3,(H,31,37)(H,32,42)(H,38,39)(H,40,41). The summed E-state index contributed by atoms with van der Waals surface area (Å²) in [6, 6.07) is 3.11. The van der Waals surface area contributed by atoms with E-state index in [1.807, 2.05) is 61.7 Å². The van der Waals surface area contributed by atoms with Crippen molar-refractivity contribution < 1.29 is 34.1 Å². The Morgan fingerprint density at radius 3 is 1.63 bits per heavy atom. The summed E-state index contributed by atoms with van der Waals surface area (Å²) in [6.07, 6.45) is 3.72. The molecule has 6 N–H and O–H groups in total. The second kappa shape index (κ2) is 17.3. The second-order valence-electron chi connectivity index (χ2n) is 12.9. The van der Waals surface area contributed by atoms with E-state index in [-0.39, 0.29) is 42.3 Å². The van der Waals surface area contributed by atoms with Gasteiger partial charge in [-0.1, -0.05) is 27.7 Å². The van der Waals surface area contributed by atoms with E-state index in [9.17, 15) is 29.4 Å². The predicted molar refractivity (Wildman–Crippen MR) is 161 cm³/mol. The molecular formula is C29H51N7O7. The van der Waals surface area contributed by atoms with Gasteiger partial charge in [-0.3, -0.25) is 33.9 Å². The molecule has 2 rings (SSSR count). The maximum Gasteiger partial charge on any atom is 0.317 e. The van der Waals surface area contributed by atoms with Gasteiger partial charge in [0.25, 0.3) is 0 Å². The molecule has 0 spiro atoms. The van der Waals surface area contributed by atoms with Crippen molar-refractivity contribution in [1.82, 2.24) is 29.9 Å². The first kappa shape index (κ1) is 36.2. The minimum absolute atomic E-state index is 0.123. The topological polar surface area (TPSA) is 183 Å². The van der Waals surface area contributed by atoms with Crippen molar-refractivity contribution >= 4 is 23.8 Å². The predicted octanol–water partition coefficient (Wildman–Crippen LogP) is -0.794. The number of nitrogens with zero attached hydrogens (tertiary/aromatic N) is 4. The number of rotatable bonds is 17. The van der Waals surface area contributed by atoms with Crippen molar-refractivity contribution in [2.24, 2.45) is 16.6 Å². The summed E-state index contributed by atoms with van der Waals surface area (Å²) >= 11 is 0. The van der Waals surface area contributed by atoms with E-state index >= 15 is 0 Å². The smallest absolute Gasteiger partial charge is 0.317 e. The van der Waals surface area contributed by atoms with Crippen LogP contribution in [0.4, 0.5) is 0 Å². The van der Waals surface area contributed by atoms with E-state index in [0.29, 0.717) is 72.1 Å². The molecular weight excluding hydrogens is 558 g/mol. The van der Waals surface area contributed by atoms with E-state index in [2.05, 4.69) is 10.6 Å². The highest BCUT2D eigenvalue weighted by Gasteiger charge is 2.26. The quantitative estimate of drug-likeness (QED) is 0.149. The molecule has 1 saturated heterocycles. The molecule has 1 atom stereocenters. The Balaban J connectivity index is 1.76. The SMILES string of the molecule is CC(C)(CNC(=O)CN1CCN(CC(=O)O)CCN(CC(=O)O)CC1)COCC(C)(C)CNC(=O)C(N)Cn1cccc1. The highest BCUT2D eigenvalue weighted by molar-refractivity contribution is 5.81. The molecule has 244 valence electrons. The van der Waals surface area contributed by atoms with Gasteiger partial charge >= 0.3 is 11.9 Å². The molecule has 0 aromatic carbocycles. The van der Waals surface area contributed by atoms with Crippen molar-refractivity contribution in [3.8, 4) is 0 Å². The number of aliphatic carboxylic acids is 2. The number of carbonyl (C=O) groups is 4. The van der Waals surface area contributed by atoms with Gasteiger partial charge in [0.15, 0.2) is 0 Å². The van der Waals surface area contributed by atoms with Crippen LogP contribution in [0.2, 0.25) is 0 Å². The number of amides is 2. The van der Waals surface area contributed by atoms with E-state index in [1.54, 1.807) is 9.80 Å². The van der Waals surface area contributed by atoms with Crippen LogP contribution in [0.1, 0.15) is 27.7 Å². The second-order valence-corrected chi connectivity index (χ2v) is 12.9. The fraction of sp³-hybridized carbons (Fsp3) is 0.724. The number of nitrogens with one attached hydrogen (secondary N) is 2. The fourth-order valence-corrected chi connectivity index (χ4v) is 4.60. The van der Waals surface area contributed by atoms with Gasteiger partial charge in [0, 0.05) is 82.1 Å². The van der Waals surface area contributed by atoms with Crippen molar-refractivity contribution in [1.29, 1.82) is 0 Å². The number of aromatic nitrogens is 1. The highest BCUT2D eigenvalue weighted by atomic mass is 16.5. The first-order valence-corrected chi connectivity index (χ1v) is 14.7. The summed E-state index contributed by atoms with van der Waals surface area (Å²) in [6.45, 7) is 12.7. The van der Waals surface area contributed by atoms with Gasteiger partial charge in [-0.05, 0) is 12.1 Å². The van der Waals surface area contributed by atoms with Gasteiger partial charge in [-0.25, -0.2) is 0 Å². The van der Waals surface area contributed by atoms with Crippen molar-refractivity contribution in [2.45, 2.75) is 40.3 Å². The van der Waals surface area contributed by atoms with Crippen molar-refractivity contribution in [2.75, 3.05) is 85.2 Å². The molecule has 0 bridgehead atoms. The van der Waals surface area contributed by atoms with Crippen LogP contribution in [-0.4, -0.2) is 144 Å². The number of hydrogen-bond acceptors (Lipinski definition) is 9. The monoisotopic (exact) mass is 609 g/mol. The van der Waals surface area contributed by atoms with E-state index in [1.165, 1.54) is 0 Å². The maximum absolute atomic E-state index is 12.8. The minimum Gasteiger partial charge on any atom is -0.480 e. The van der Waals surface area contributed by atoms with Gasteiger partial charge < -0.3 is 35.9 Å². The zero-order chi connectivity index (χ0) is 32.0. The van der Waals surface area contributed by atoms with Gasteiger partial charge in [-0.15, -0.1) is 0 Å². The van der Waals surface area contributed by atoms with Crippen LogP contribution in [0.25, 0.3) is 0 Å². The Kier molecular flexibility index (Phi) is 14.5. The van der Waals surface area contributed by atoms with Gasteiger partial charge in [0.05, 0.1) is 32.8 Å². The first-order chi connectivity index (χ1) is 20.1. The molecule has 14 nitrogen and oxygen atoms in total. The third kappa shape index (κ3) is 15.3. The van der Waals surface area contributed by atoms with Gasteiger partial charge in [-0.2, -0.15) is 0 Å². The number of ether oxygens (including phenoxy) is 1. The molecule has 1 aliphatic heterocycles. The van der Waals surface area contributed by atoms with E-state index in [4.69, 9.17) is 10.5 Å². The average Bonchev–Trinajstić information content (AvgIpc) is 3.44. The lowest BCUT2D eigenvalue weighted by molar-refractivity contribution is -0.140. The number of carboxylic acids is 2.